The summed E-state index contributed by atoms with van der Waals surface area (Å²) in [6.45, 7) is 2.59. The first-order valence-electron chi connectivity index (χ1n) is 11.2. The van der Waals surface area contributed by atoms with Crippen molar-refractivity contribution in [2.45, 2.75) is 35.9 Å². The molecule has 2 aromatic rings. The fourth-order valence-corrected chi connectivity index (χ4v) is 5.23. The Kier molecular flexibility index (Phi) is 8.13. The van der Waals surface area contributed by atoms with Crippen LogP contribution in [0.25, 0.3) is 0 Å². The van der Waals surface area contributed by atoms with Crippen LogP contribution in [0.3, 0.4) is 0 Å². The Morgan fingerprint density at radius 2 is 1.59 bits per heavy atom. The molecule has 1 amide bonds. The molecule has 1 aliphatic heterocycles. The first kappa shape index (κ1) is 28.7. The molecule has 3 rings (SSSR count). The molecule has 0 spiro atoms. The highest BCUT2D eigenvalue weighted by Crippen LogP contribution is 2.31. The molecule has 0 aromatic heterocycles. The smallest absolute Gasteiger partial charge is 0.425 e. The maximum Gasteiger partial charge on any atom is 0.425 e. The van der Waals surface area contributed by atoms with Crippen molar-refractivity contribution >= 4 is 31.3 Å². The van der Waals surface area contributed by atoms with Gasteiger partial charge in [-0.05, 0) is 43.3 Å². The molecule has 0 saturated carbocycles. The van der Waals surface area contributed by atoms with Crippen LogP contribution in [0.15, 0.2) is 46.2 Å². The van der Waals surface area contributed by atoms with Gasteiger partial charge in [0.05, 0.1) is 26.8 Å². The molecule has 1 saturated heterocycles. The zero-order valence-corrected chi connectivity index (χ0v) is 21.9. The van der Waals surface area contributed by atoms with Crippen molar-refractivity contribution in [1.29, 1.82) is 0 Å². The van der Waals surface area contributed by atoms with Gasteiger partial charge in [0.15, 0.2) is 25.8 Å². The van der Waals surface area contributed by atoms with Crippen LogP contribution in [0.5, 0.6) is 5.75 Å². The number of sulfone groups is 2. The number of alkyl halides is 3. The van der Waals surface area contributed by atoms with Crippen molar-refractivity contribution in [3.05, 3.63) is 47.8 Å². The van der Waals surface area contributed by atoms with Crippen molar-refractivity contribution in [3.8, 4) is 5.75 Å². The largest absolute Gasteiger partial charge is 0.480 e. The average Bonchev–Trinajstić information content (AvgIpc) is 2.82. The van der Waals surface area contributed by atoms with Crippen molar-refractivity contribution in [3.63, 3.8) is 0 Å². The van der Waals surface area contributed by atoms with Gasteiger partial charge in [-0.3, -0.25) is 4.79 Å². The number of carbonyl (C=O) groups excluding carboxylic acids is 1. The highest BCUT2D eigenvalue weighted by Gasteiger charge is 2.39. The first-order chi connectivity index (χ1) is 17.0. The van der Waals surface area contributed by atoms with E-state index in [0.717, 1.165) is 37.4 Å². The van der Waals surface area contributed by atoms with E-state index in [4.69, 9.17) is 4.74 Å². The van der Waals surface area contributed by atoms with Gasteiger partial charge in [-0.2, -0.15) is 13.2 Å². The number of anilines is 1. The summed E-state index contributed by atoms with van der Waals surface area (Å²) < 4.78 is 107. The number of benzene rings is 2. The summed E-state index contributed by atoms with van der Waals surface area (Å²) in [5.74, 6) is -2.07. The number of ether oxygens (including phenoxy) is 1. The van der Waals surface area contributed by atoms with Gasteiger partial charge in [0.25, 0.3) is 5.91 Å². The summed E-state index contributed by atoms with van der Waals surface area (Å²) in [4.78, 5) is 15.7. The summed E-state index contributed by atoms with van der Waals surface area (Å²) in [5, 5.41) is 0. The van der Waals surface area contributed by atoms with Gasteiger partial charge >= 0.3 is 6.18 Å². The van der Waals surface area contributed by atoms with E-state index in [1.165, 1.54) is 24.0 Å². The number of halogens is 4. The number of piperazine rings is 1. The van der Waals surface area contributed by atoms with Gasteiger partial charge < -0.3 is 14.5 Å². The fourth-order valence-electron chi connectivity index (χ4n) is 3.69. The predicted octanol–water partition coefficient (Wildman–Crippen LogP) is 3.31. The summed E-state index contributed by atoms with van der Waals surface area (Å²) in [7, 11) is -7.36. The lowest BCUT2D eigenvalue weighted by molar-refractivity contribution is -0.189. The topological polar surface area (TPSA) is 101 Å². The molecule has 1 atom stereocenters. The lowest BCUT2D eigenvalue weighted by Crippen LogP contribution is -2.49. The van der Waals surface area contributed by atoms with Crippen molar-refractivity contribution in [2.75, 3.05) is 43.1 Å². The molecule has 0 bridgehead atoms. The summed E-state index contributed by atoms with van der Waals surface area (Å²) in [6.07, 6.45) is -6.06. The van der Waals surface area contributed by atoms with Crippen LogP contribution in [0.1, 0.15) is 24.2 Å². The predicted molar refractivity (Wildman–Crippen MR) is 128 cm³/mol. The molecular formula is C23H26F4N2O6S2. The molecule has 37 heavy (non-hydrogen) atoms. The molecular weight excluding hydrogens is 540 g/mol. The highest BCUT2D eigenvalue weighted by molar-refractivity contribution is 7.91. The normalized spacial score (nSPS) is 16.0. The van der Waals surface area contributed by atoms with Crippen molar-refractivity contribution in [1.82, 2.24) is 4.90 Å². The SMILES string of the molecule is CCS(=O)(=O)c1ccc(N2CCN(C(=O)c3cc(S(C)(=O)=O)ccc3OC(C)C(F)(F)F)CC2)c(F)c1. The standard InChI is InChI=1S/C23H26F4N2O6S2/c1-4-37(33,34)17-5-7-20(19(24)14-17)28-9-11-29(12-10-28)22(30)18-13-16(36(3,31)32)6-8-21(18)35-15(2)23(25,26)27/h5-8,13-15H,4,9-12H2,1-3H3. The molecule has 2 aromatic carbocycles. The van der Waals surface area contributed by atoms with Crippen LogP contribution in [-0.4, -0.2) is 78.1 Å². The van der Waals surface area contributed by atoms with Crippen LogP contribution in [-0.2, 0) is 19.7 Å². The molecule has 0 aliphatic carbocycles. The third-order valence-corrected chi connectivity index (χ3v) is 8.78. The van der Waals surface area contributed by atoms with Gasteiger partial charge in [-0.15, -0.1) is 0 Å². The van der Waals surface area contributed by atoms with Crippen LogP contribution >= 0.6 is 0 Å². The molecule has 1 heterocycles. The highest BCUT2D eigenvalue weighted by atomic mass is 32.2. The fraction of sp³-hybridized carbons (Fsp3) is 0.435. The Hall–Kier alpha value is -2.87. The average molecular weight is 567 g/mol. The minimum Gasteiger partial charge on any atom is -0.480 e. The Morgan fingerprint density at radius 3 is 2.11 bits per heavy atom. The van der Waals surface area contributed by atoms with Gasteiger partial charge in [-0.25, -0.2) is 21.2 Å². The molecule has 204 valence electrons. The monoisotopic (exact) mass is 566 g/mol. The summed E-state index contributed by atoms with van der Waals surface area (Å²) >= 11 is 0. The Labute approximate surface area is 212 Å². The number of hydrogen-bond donors (Lipinski definition) is 0. The van der Waals surface area contributed by atoms with E-state index in [2.05, 4.69) is 0 Å². The summed E-state index contributed by atoms with van der Waals surface area (Å²) in [5.41, 5.74) is -0.197. The molecule has 1 unspecified atom stereocenters. The lowest BCUT2D eigenvalue weighted by atomic mass is 10.1. The lowest BCUT2D eigenvalue weighted by Gasteiger charge is -2.36. The van der Waals surface area contributed by atoms with Crippen LogP contribution in [0, 0.1) is 5.82 Å². The third kappa shape index (κ3) is 6.53. The van der Waals surface area contributed by atoms with E-state index < -0.39 is 49.4 Å². The second-order valence-corrected chi connectivity index (χ2v) is 12.8. The van der Waals surface area contributed by atoms with Crippen LogP contribution < -0.4 is 9.64 Å². The van der Waals surface area contributed by atoms with Gasteiger partial charge in [-0.1, -0.05) is 6.92 Å². The van der Waals surface area contributed by atoms with E-state index >= 15 is 0 Å². The summed E-state index contributed by atoms with van der Waals surface area (Å²) in [6, 6.07) is 6.65. The zero-order valence-electron chi connectivity index (χ0n) is 20.2. The van der Waals surface area contributed by atoms with E-state index in [0.29, 0.717) is 0 Å². The second-order valence-electron chi connectivity index (χ2n) is 8.53. The minimum absolute atomic E-state index is 0.0463. The zero-order chi connectivity index (χ0) is 27.8. The number of nitrogens with zero attached hydrogens (tertiary/aromatic N) is 2. The Morgan fingerprint density at radius 1 is 1.00 bits per heavy atom. The van der Waals surface area contributed by atoms with Crippen LogP contribution in [0.2, 0.25) is 0 Å². The number of rotatable bonds is 7. The van der Waals surface area contributed by atoms with Crippen LogP contribution in [0.4, 0.5) is 23.2 Å². The van der Waals surface area contributed by atoms with Crippen molar-refractivity contribution < 1.29 is 43.9 Å². The van der Waals surface area contributed by atoms with Gasteiger partial charge in [0.2, 0.25) is 0 Å². The molecule has 8 nitrogen and oxygen atoms in total. The minimum atomic E-state index is -4.71. The first-order valence-corrected chi connectivity index (χ1v) is 14.7. The molecule has 1 aliphatic rings. The van der Waals surface area contributed by atoms with E-state index in [1.807, 2.05) is 0 Å². The van der Waals surface area contributed by atoms with E-state index in [9.17, 15) is 39.2 Å². The number of amides is 1. The maximum atomic E-state index is 14.7. The Balaban J connectivity index is 1.83. The van der Waals surface area contributed by atoms with E-state index in [1.54, 1.807) is 4.90 Å². The Bertz CT molecular complexity index is 1390. The molecule has 0 N–H and O–H groups in total. The quantitative estimate of drug-likeness (QED) is 0.474. The molecule has 1 fully saturated rings. The molecule has 14 heteroatoms. The van der Waals surface area contributed by atoms with E-state index in [-0.39, 0.29) is 53.0 Å². The van der Waals surface area contributed by atoms with Gasteiger partial charge in [0.1, 0.15) is 11.6 Å². The third-order valence-electron chi connectivity index (χ3n) is 5.94. The molecule has 0 radical (unpaired) electrons. The number of carbonyl (C=O) groups is 1. The van der Waals surface area contributed by atoms with Crippen molar-refractivity contribution in [2.24, 2.45) is 0 Å². The maximum absolute atomic E-state index is 14.7. The van der Waals surface area contributed by atoms with Gasteiger partial charge in [0, 0.05) is 32.4 Å². The number of hydrogen-bond acceptors (Lipinski definition) is 7. The second kappa shape index (κ2) is 10.5.